The lowest BCUT2D eigenvalue weighted by atomic mass is 9.87. The normalized spacial score (nSPS) is 13.5. The van der Waals surface area contributed by atoms with Gasteiger partial charge >= 0.3 is 5.97 Å². The molecular formula is C24H50O4. The highest BCUT2D eigenvalue weighted by molar-refractivity contribution is 4.91. The summed E-state index contributed by atoms with van der Waals surface area (Å²) in [6.45, 7) is 17.3. The molecule has 0 fully saturated rings. The van der Waals surface area contributed by atoms with Crippen LogP contribution >= 0.6 is 0 Å². The summed E-state index contributed by atoms with van der Waals surface area (Å²) in [5.41, 5.74) is -0.560. The molecule has 170 valence electrons. The molecule has 0 aromatic heterocycles. The summed E-state index contributed by atoms with van der Waals surface area (Å²) in [4.78, 5) is 0. The SMILES string of the molecule is C=CC.CCCCCCCCC(CCCC)(OC)C(OCC)(OCC)OCC. The van der Waals surface area contributed by atoms with E-state index >= 15 is 0 Å². The summed E-state index contributed by atoms with van der Waals surface area (Å²) < 4.78 is 24.4. The Kier molecular flexibility index (Phi) is 21.1. The van der Waals surface area contributed by atoms with Crippen LogP contribution in [0.2, 0.25) is 0 Å². The highest BCUT2D eigenvalue weighted by atomic mass is 16.9. The summed E-state index contributed by atoms with van der Waals surface area (Å²) in [5.74, 6) is -1.11. The standard InChI is InChI=1S/C21H44O4.C3H6/c1-7-12-14-15-16-17-19-20(22-6,18-13-8-2)21(23-9-3,24-10-4)25-11-5;1-3-2/h7-19H2,1-6H3;3H,1H2,2H3. The first-order valence-electron chi connectivity index (χ1n) is 11.6. The van der Waals surface area contributed by atoms with E-state index in [2.05, 4.69) is 20.4 Å². The average molecular weight is 403 g/mol. The molecule has 0 aliphatic rings. The van der Waals surface area contributed by atoms with Gasteiger partial charge in [-0.2, -0.15) is 0 Å². The molecule has 4 nitrogen and oxygen atoms in total. The van der Waals surface area contributed by atoms with Crippen LogP contribution in [-0.2, 0) is 18.9 Å². The molecule has 0 bridgehead atoms. The van der Waals surface area contributed by atoms with E-state index in [4.69, 9.17) is 18.9 Å². The molecule has 0 saturated heterocycles. The van der Waals surface area contributed by atoms with Crippen molar-refractivity contribution in [2.24, 2.45) is 0 Å². The van der Waals surface area contributed by atoms with Crippen molar-refractivity contribution in [3.05, 3.63) is 12.7 Å². The van der Waals surface area contributed by atoms with Gasteiger partial charge in [-0.05, 0) is 40.5 Å². The number of unbranched alkanes of at least 4 members (excludes halogenated alkanes) is 6. The van der Waals surface area contributed by atoms with Crippen LogP contribution in [0.4, 0.5) is 0 Å². The molecule has 4 heteroatoms. The molecule has 0 aromatic rings. The average Bonchev–Trinajstić information content (AvgIpc) is 2.68. The molecule has 28 heavy (non-hydrogen) atoms. The smallest absolute Gasteiger partial charge is 0.313 e. The molecule has 0 rings (SSSR count). The van der Waals surface area contributed by atoms with Crippen LogP contribution in [0.25, 0.3) is 0 Å². The van der Waals surface area contributed by atoms with E-state index < -0.39 is 11.6 Å². The second-order valence-electron chi connectivity index (χ2n) is 7.08. The Labute approximate surface area is 176 Å². The Morgan fingerprint density at radius 3 is 1.46 bits per heavy atom. The summed E-state index contributed by atoms with van der Waals surface area (Å²) in [5, 5.41) is 0. The summed E-state index contributed by atoms with van der Waals surface area (Å²) in [6.07, 6.45) is 13.2. The van der Waals surface area contributed by atoms with Crippen molar-refractivity contribution >= 4 is 0 Å². The molecular weight excluding hydrogens is 352 g/mol. The molecule has 0 aliphatic heterocycles. The first-order chi connectivity index (χ1) is 13.5. The molecule has 1 atom stereocenters. The van der Waals surface area contributed by atoms with Gasteiger partial charge in [0.25, 0.3) is 0 Å². The van der Waals surface area contributed by atoms with E-state index in [0.29, 0.717) is 19.8 Å². The first-order valence-corrected chi connectivity index (χ1v) is 11.6. The van der Waals surface area contributed by atoms with Crippen LogP contribution in [0.1, 0.15) is 106 Å². The van der Waals surface area contributed by atoms with Crippen LogP contribution in [-0.4, -0.2) is 38.5 Å². The number of allylic oxidation sites excluding steroid dienone is 1. The van der Waals surface area contributed by atoms with Crippen molar-refractivity contribution in [3.63, 3.8) is 0 Å². The highest BCUT2D eigenvalue weighted by Gasteiger charge is 2.55. The van der Waals surface area contributed by atoms with E-state index in [1.165, 1.54) is 32.1 Å². The summed E-state index contributed by atoms with van der Waals surface area (Å²) in [6, 6.07) is 0. The van der Waals surface area contributed by atoms with Gasteiger partial charge in [-0.25, -0.2) is 0 Å². The van der Waals surface area contributed by atoms with Gasteiger partial charge in [0.05, 0.1) is 0 Å². The highest BCUT2D eigenvalue weighted by Crippen LogP contribution is 2.41. The Morgan fingerprint density at radius 2 is 1.07 bits per heavy atom. The van der Waals surface area contributed by atoms with Crippen molar-refractivity contribution in [1.82, 2.24) is 0 Å². The van der Waals surface area contributed by atoms with Crippen LogP contribution in [0, 0.1) is 0 Å². The third-order valence-electron chi connectivity index (χ3n) is 4.82. The fourth-order valence-electron chi connectivity index (χ4n) is 3.50. The van der Waals surface area contributed by atoms with E-state index in [9.17, 15) is 0 Å². The minimum atomic E-state index is -1.11. The van der Waals surface area contributed by atoms with Crippen molar-refractivity contribution < 1.29 is 18.9 Å². The zero-order valence-corrected chi connectivity index (χ0v) is 20.1. The van der Waals surface area contributed by atoms with Crippen LogP contribution < -0.4 is 0 Å². The minimum Gasteiger partial charge on any atom is -0.370 e. The largest absolute Gasteiger partial charge is 0.370 e. The Balaban J connectivity index is 0. The molecule has 0 amide bonds. The number of methoxy groups -OCH3 is 1. The third kappa shape index (κ3) is 10.9. The maximum Gasteiger partial charge on any atom is 0.313 e. The number of ether oxygens (including phenoxy) is 4. The van der Waals surface area contributed by atoms with Gasteiger partial charge in [-0.3, -0.25) is 0 Å². The van der Waals surface area contributed by atoms with E-state index in [0.717, 1.165) is 32.1 Å². The van der Waals surface area contributed by atoms with Gasteiger partial charge in [-0.15, -0.1) is 6.58 Å². The second-order valence-corrected chi connectivity index (χ2v) is 7.08. The minimum absolute atomic E-state index is 0.535. The van der Waals surface area contributed by atoms with Gasteiger partial charge in [-0.1, -0.05) is 71.3 Å². The van der Waals surface area contributed by atoms with Crippen LogP contribution in [0.3, 0.4) is 0 Å². The van der Waals surface area contributed by atoms with Crippen molar-refractivity contribution in [3.8, 4) is 0 Å². The molecule has 0 spiro atoms. The number of rotatable bonds is 18. The zero-order valence-electron chi connectivity index (χ0n) is 20.1. The van der Waals surface area contributed by atoms with E-state index in [-0.39, 0.29) is 0 Å². The third-order valence-corrected chi connectivity index (χ3v) is 4.82. The fourth-order valence-corrected chi connectivity index (χ4v) is 3.50. The van der Waals surface area contributed by atoms with Crippen LogP contribution in [0.15, 0.2) is 12.7 Å². The zero-order chi connectivity index (χ0) is 21.7. The maximum absolute atomic E-state index is 6.12. The number of hydrogen-bond acceptors (Lipinski definition) is 4. The van der Waals surface area contributed by atoms with Gasteiger partial charge in [0.2, 0.25) is 0 Å². The van der Waals surface area contributed by atoms with E-state index in [1.54, 1.807) is 13.2 Å². The van der Waals surface area contributed by atoms with Crippen molar-refractivity contribution in [2.75, 3.05) is 26.9 Å². The molecule has 0 radical (unpaired) electrons. The molecule has 0 saturated carbocycles. The molecule has 0 aromatic carbocycles. The summed E-state index contributed by atoms with van der Waals surface area (Å²) >= 11 is 0. The van der Waals surface area contributed by atoms with Gasteiger partial charge in [0.15, 0.2) is 0 Å². The molecule has 0 heterocycles. The fraction of sp³-hybridized carbons (Fsp3) is 0.917. The lowest BCUT2D eigenvalue weighted by molar-refractivity contribution is -0.444. The predicted molar refractivity (Wildman–Crippen MR) is 121 cm³/mol. The predicted octanol–water partition coefficient (Wildman–Crippen LogP) is 7.27. The second kappa shape index (κ2) is 19.9. The van der Waals surface area contributed by atoms with Crippen LogP contribution in [0.5, 0.6) is 0 Å². The van der Waals surface area contributed by atoms with Gasteiger partial charge < -0.3 is 18.9 Å². The van der Waals surface area contributed by atoms with Crippen molar-refractivity contribution in [1.29, 1.82) is 0 Å². The topological polar surface area (TPSA) is 36.9 Å². The van der Waals surface area contributed by atoms with E-state index in [1.807, 2.05) is 27.7 Å². The van der Waals surface area contributed by atoms with Crippen molar-refractivity contribution in [2.45, 2.75) is 117 Å². The number of hydrogen-bond donors (Lipinski definition) is 0. The molecule has 0 aliphatic carbocycles. The monoisotopic (exact) mass is 402 g/mol. The Bertz CT molecular complexity index is 316. The Hall–Kier alpha value is -0.420. The quantitative estimate of drug-likeness (QED) is 0.137. The Morgan fingerprint density at radius 1 is 0.679 bits per heavy atom. The lowest BCUT2D eigenvalue weighted by Gasteiger charge is -2.47. The lowest BCUT2D eigenvalue weighted by Crippen LogP contribution is -2.60. The van der Waals surface area contributed by atoms with Gasteiger partial charge in [0.1, 0.15) is 5.60 Å². The molecule has 0 N–H and O–H groups in total. The maximum atomic E-state index is 6.12. The first kappa shape index (κ1) is 29.8. The van der Waals surface area contributed by atoms with Gasteiger partial charge in [0, 0.05) is 26.9 Å². The summed E-state index contributed by atoms with van der Waals surface area (Å²) in [7, 11) is 1.78. The molecule has 1 unspecified atom stereocenters.